The van der Waals surface area contributed by atoms with E-state index in [4.69, 9.17) is 9.47 Å². The first-order chi connectivity index (χ1) is 7.80. The molecule has 0 aliphatic heterocycles. The summed E-state index contributed by atoms with van der Waals surface area (Å²) in [6, 6.07) is 6.51. The largest absolute Gasteiger partial charge is 0.493 e. The maximum absolute atomic E-state index is 5.71. The number of aryl methyl sites for hydroxylation is 2. The Kier molecular flexibility index (Phi) is 5.94. The van der Waals surface area contributed by atoms with Crippen molar-refractivity contribution in [2.75, 3.05) is 20.3 Å². The topological polar surface area (TPSA) is 18.5 Å². The monoisotopic (exact) mass is 222 g/mol. The fourth-order valence-electron chi connectivity index (χ4n) is 1.61. The van der Waals surface area contributed by atoms with Crippen LogP contribution in [0.3, 0.4) is 0 Å². The molecule has 0 aliphatic rings. The van der Waals surface area contributed by atoms with E-state index in [-0.39, 0.29) is 0 Å². The standard InChI is InChI=1S/C14H22O2/c1-4-12-9-13(5-2)11-14(10-12)16-8-6-7-15-3/h9-11H,4-8H2,1-3H3. The molecule has 0 N–H and O–H groups in total. The van der Waals surface area contributed by atoms with Crippen LogP contribution in [0.15, 0.2) is 18.2 Å². The molecule has 0 aliphatic carbocycles. The van der Waals surface area contributed by atoms with Gasteiger partial charge in [0.25, 0.3) is 0 Å². The van der Waals surface area contributed by atoms with Gasteiger partial charge in [0.15, 0.2) is 0 Å². The summed E-state index contributed by atoms with van der Waals surface area (Å²) < 4.78 is 10.7. The van der Waals surface area contributed by atoms with Crippen molar-refractivity contribution >= 4 is 0 Å². The van der Waals surface area contributed by atoms with Crippen LogP contribution in [0.5, 0.6) is 5.75 Å². The van der Waals surface area contributed by atoms with Crippen molar-refractivity contribution in [3.63, 3.8) is 0 Å². The van der Waals surface area contributed by atoms with Crippen molar-refractivity contribution in [3.8, 4) is 5.75 Å². The minimum Gasteiger partial charge on any atom is -0.493 e. The fourth-order valence-corrected chi connectivity index (χ4v) is 1.61. The zero-order chi connectivity index (χ0) is 11.8. The molecule has 0 radical (unpaired) electrons. The molecule has 90 valence electrons. The number of ether oxygens (including phenoxy) is 2. The summed E-state index contributed by atoms with van der Waals surface area (Å²) in [5.74, 6) is 0.993. The van der Waals surface area contributed by atoms with Crippen LogP contribution < -0.4 is 4.74 Å². The Bertz CT molecular complexity index is 285. The molecule has 0 unspecified atom stereocenters. The third-order valence-electron chi connectivity index (χ3n) is 2.60. The summed E-state index contributed by atoms with van der Waals surface area (Å²) in [7, 11) is 1.72. The molecule has 0 atom stereocenters. The molecule has 0 bridgehead atoms. The predicted molar refractivity (Wildman–Crippen MR) is 67.2 cm³/mol. The second kappa shape index (κ2) is 7.29. The quantitative estimate of drug-likeness (QED) is 0.659. The van der Waals surface area contributed by atoms with Gasteiger partial charge in [0.2, 0.25) is 0 Å². The van der Waals surface area contributed by atoms with Gasteiger partial charge in [-0.25, -0.2) is 0 Å². The van der Waals surface area contributed by atoms with Crippen LogP contribution in [0.25, 0.3) is 0 Å². The van der Waals surface area contributed by atoms with Crippen LogP contribution in [0.4, 0.5) is 0 Å². The SMILES string of the molecule is CCc1cc(CC)cc(OCCCOC)c1. The molecular formula is C14H22O2. The molecule has 2 heteroatoms. The summed E-state index contributed by atoms with van der Waals surface area (Å²) in [5, 5.41) is 0. The minimum atomic E-state index is 0.726. The number of hydrogen-bond acceptors (Lipinski definition) is 2. The number of hydrogen-bond donors (Lipinski definition) is 0. The van der Waals surface area contributed by atoms with Crippen LogP contribution in [0, 0.1) is 0 Å². The molecule has 0 aromatic heterocycles. The Morgan fingerprint density at radius 1 is 0.938 bits per heavy atom. The highest BCUT2D eigenvalue weighted by Crippen LogP contribution is 2.18. The van der Waals surface area contributed by atoms with Gasteiger partial charge < -0.3 is 9.47 Å². The van der Waals surface area contributed by atoms with Gasteiger partial charge in [0.1, 0.15) is 5.75 Å². The van der Waals surface area contributed by atoms with E-state index < -0.39 is 0 Å². The first-order valence-corrected chi connectivity index (χ1v) is 6.04. The zero-order valence-corrected chi connectivity index (χ0v) is 10.6. The number of methoxy groups -OCH3 is 1. The van der Waals surface area contributed by atoms with Crippen LogP contribution in [-0.4, -0.2) is 20.3 Å². The van der Waals surface area contributed by atoms with Crippen LogP contribution in [0.1, 0.15) is 31.4 Å². The minimum absolute atomic E-state index is 0.726. The molecule has 0 fully saturated rings. The van der Waals surface area contributed by atoms with E-state index >= 15 is 0 Å². The Morgan fingerprint density at radius 2 is 1.56 bits per heavy atom. The average Bonchev–Trinajstić information content (AvgIpc) is 2.34. The maximum atomic E-state index is 5.71. The van der Waals surface area contributed by atoms with E-state index in [9.17, 15) is 0 Å². The van der Waals surface area contributed by atoms with Crippen molar-refractivity contribution in [1.82, 2.24) is 0 Å². The average molecular weight is 222 g/mol. The molecule has 0 saturated carbocycles. The van der Waals surface area contributed by atoms with Crippen LogP contribution in [0.2, 0.25) is 0 Å². The summed E-state index contributed by atoms with van der Waals surface area (Å²) >= 11 is 0. The van der Waals surface area contributed by atoms with E-state index in [1.54, 1.807) is 7.11 Å². The molecule has 16 heavy (non-hydrogen) atoms. The van der Waals surface area contributed by atoms with E-state index in [0.717, 1.165) is 38.2 Å². The summed E-state index contributed by atoms with van der Waals surface area (Å²) in [6.45, 7) is 5.82. The fraction of sp³-hybridized carbons (Fsp3) is 0.571. The highest BCUT2D eigenvalue weighted by atomic mass is 16.5. The zero-order valence-electron chi connectivity index (χ0n) is 10.6. The van der Waals surface area contributed by atoms with Gasteiger partial charge >= 0.3 is 0 Å². The summed E-state index contributed by atoms with van der Waals surface area (Å²) in [6.07, 6.45) is 3.05. The lowest BCUT2D eigenvalue weighted by Crippen LogP contribution is -2.02. The first kappa shape index (κ1) is 13.0. The molecule has 1 aromatic carbocycles. The van der Waals surface area contributed by atoms with Crippen molar-refractivity contribution < 1.29 is 9.47 Å². The van der Waals surface area contributed by atoms with Gasteiger partial charge in [-0.05, 0) is 36.1 Å². The second-order valence-electron chi connectivity index (χ2n) is 3.89. The lowest BCUT2D eigenvalue weighted by molar-refractivity contribution is 0.172. The van der Waals surface area contributed by atoms with Gasteiger partial charge in [0.05, 0.1) is 6.61 Å². The Balaban J connectivity index is 2.57. The van der Waals surface area contributed by atoms with Gasteiger partial charge in [-0.2, -0.15) is 0 Å². The third-order valence-corrected chi connectivity index (χ3v) is 2.60. The van der Waals surface area contributed by atoms with E-state index in [1.807, 2.05) is 0 Å². The number of benzene rings is 1. The second-order valence-corrected chi connectivity index (χ2v) is 3.89. The van der Waals surface area contributed by atoms with Crippen molar-refractivity contribution in [2.45, 2.75) is 33.1 Å². The lowest BCUT2D eigenvalue weighted by atomic mass is 10.1. The molecule has 1 rings (SSSR count). The highest BCUT2D eigenvalue weighted by Gasteiger charge is 2.00. The van der Waals surface area contributed by atoms with Gasteiger partial charge in [-0.15, -0.1) is 0 Å². The highest BCUT2D eigenvalue weighted by molar-refractivity contribution is 5.34. The molecular weight excluding hydrogens is 200 g/mol. The summed E-state index contributed by atoms with van der Waals surface area (Å²) in [4.78, 5) is 0. The van der Waals surface area contributed by atoms with Crippen molar-refractivity contribution in [3.05, 3.63) is 29.3 Å². The predicted octanol–water partition coefficient (Wildman–Crippen LogP) is 3.23. The van der Waals surface area contributed by atoms with Crippen LogP contribution in [-0.2, 0) is 17.6 Å². The van der Waals surface area contributed by atoms with Gasteiger partial charge in [-0.3, -0.25) is 0 Å². The molecule has 0 saturated heterocycles. The van der Waals surface area contributed by atoms with E-state index in [1.165, 1.54) is 11.1 Å². The molecule has 1 aromatic rings. The lowest BCUT2D eigenvalue weighted by Gasteiger charge is -2.09. The molecule has 0 spiro atoms. The Labute approximate surface area is 98.6 Å². The maximum Gasteiger partial charge on any atom is 0.119 e. The first-order valence-electron chi connectivity index (χ1n) is 6.04. The van der Waals surface area contributed by atoms with E-state index in [0.29, 0.717) is 0 Å². The number of rotatable bonds is 7. The Hall–Kier alpha value is -1.02. The van der Waals surface area contributed by atoms with Crippen molar-refractivity contribution in [2.24, 2.45) is 0 Å². The molecule has 0 heterocycles. The van der Waals surface area contributed by atoms with Crippen molar-refractivity contribution in [1.29, 1.82) is 0 Å². The normalized spacial score (nSPS) is 10.4. The Morgan fingerprint density at radius 3 is 2.06 bits per heavy atom. The molecule has 0 amide bonds. The van der Waals surface area contributed by atoms with Crippen LogP contribution >= 0.6 is 0 Å². The summed E-state index contributed by atoms with van der Waals surface area (Å²) in [5.41, 5.74) is 2.70. The smallest absolute Gasteiger partial charge is 0.119 e. The van der Waals surface area contributed by atoms with E-state index in [2.05, 4.69) is 32.0 Å². The van der Waals surface area contributed by atoms with Gasteiger partial charge in [0, 0.05) is 20.1 Å². The van der Waals surface area contributed by atoms with Gasteiger partial charge in [-0.1, -0.05) is 19.9 Å². The molecule has 2 nitrogen and oxygen atoms in total. The third kappa shape index (κ3) is 4.23.